The van der Waals surface area contributed by atoms with Gasteiger partial charge in [0.2, 0.25) is 0 Å². The molecule has 0 unspecified atom stereocenters. The molecular weight excluding hydrogens is 138 g/mol. The van der Waals surface area contributed by atoms with Crippen LogP contribution in [0.25, 0.3) is 4.98 Å². The fraction of sp³-hybridized carbons (Fsp3) is 0. The second kappa shape index (κ2) is 2.10. The van der Waals surface area contributed by atoms with Crippen molar-refractivity contribution in [3.05, 3.63) is 21.4 Å². The average Bonchev–Trinajstić information content (AvgIpc) is 2.33. The van der Waals surface area contributed by atoms with E-state index in [0.717, 1.165) is 6.33 Å². The summed E-state index contributed by atoms with van der Waals surface area (Å²) in [5.74, 6) is -0.729. The van der Waals surface area contributed by atoms with Gasteiger partial charge in [0.15, 0.2) is 0 Å². The third kappa shape index (κ3) is 0.775. The summed E-state index contributed by atoms with van der Waals surface area (Å²) in [6, 6.07) is 0. The van der Waals surface area contributed by atoms with E-state index in [9.17, 15) is 10.1 Å². The maximum atomic E-state index is 10.0. The molecule has 0 aromatic carbocycles. The van der Waals surface area contributed by atoms with E-state index in [1.165, 1.54) is 0 Å². The number of hydrogen-bond donors (Lipinski definition) is 1. The molecule has 0 fully saturated rings. The number of rotatable bonds is 1. The van der Waals surface area contributed by atoms with Crippen LogP contribution in [0.1, 0.15) is 0 Å². The van der Waals surface area contributed by atoms with Gasteiger partial charge in [-0.05, 0) is 4.92 Å². The zero-order valence-electron chi connectivity index (χ0n) is 4.68. The molecule has 7 heteroatoms. The average molecular weight is 140 g/mol. The monoisotopic (exact) mass is 140 g/mol. The lowest BCUT2D eigenvalue weighted by molar-refractivity contribution is -0.388. The molecule has 1 aromatic rings. The number of diazo groups is 1. The molecule has 1 N–H and O–H groups in total. The van der Waals surface area contributed by atoms with E-state index in [-0.39, 0.29) is 5.82 Å². The number of aromatic amines is 1. The summed E-state index contributed by atoms with van der Waals surface area (Å²) in [6.07, 6.45) is 1.08. The van der Waals surface area contributed by atoms with Crippen LogP contribution in [0.4, 0.5) is 11.6 Å². The quantitative estimate of drug-likeness (QED) is 0.354. The Morgan fingerprint density at radius 3 is 3.00 bits per heavy atom. The molecule has 0 radical (unpaired) electrons. The maximum absolute atomic E-state index is 10.0. The Kier molecular flexibility index (Phi) is 1.29. The number of imidazole rings is 1. The van der Waals surface area contributed by atoms with Crippen LogP contribution in [0, 0.1) is 15.5 Å². The smallest absolute Gasteiger partial charge is 0.358 e. The summed E-state index contributed by atoms with van der Waals surface area (Å²) in [5.41, 5.74) is 0. The predicted molar refractivity (Wildman–Crippen MR) is 30.0 cm³/mol. The Bertz CT molecular complexity index is 296. The van der Waals surface area contributed by atoms with E-state index in [2.05, 4.69) is 14.9 Å². The number of nitro groups is 1. The van der Waals surface area contributed by atoms with Crippen molar-refractivity contribution in [3.8, 4) is 0 Å². The Hall–Kier alpha value is -1.97. The summed E-state index contributed by atoms with van der Waals surface area (Å²) in [7, 11) is 0. The normalized spacial score (nSPS) is 8.70. The van der Waals surface area contributed by atoms with Crippen molar-refractivity contribution in [2.24, 2.45) is 0 Å². The van der Waals surface area contributed by atoms with Crippen LogP contribution >= 0.6 is 0 Å². The van der Waals surface area contributed by atoms with E-state index >= 15 is 0 Å². The van der Waals surface area contributed by atoms with E-state index in [4.69, 9.17) is 5.39 Å². The van der Waals surface area contributed by atoms with Gasteiger partial charge in [0.1, 0.15) is 0 Å². The van der Waals surface area contributed by atoms with Crippen molar-refractivity contribution in [2.75, 3.05) is 0 Å². The first-order valence-electron chi connectivity index (χ1n) is 2.28. The molecule has 0 saturated heterocycles. The van der Waals surface area contributed by atoms with Gasteiger partial charge in [-0.25, -0.2) is 0 Å². The van der Waals surface area contributed by atoms with Crippen molar-refractivity contribution in [1.29, 1.82) is 5.39 Å². The highest BCUT2D eigenvalue weighted by molar-refractivity contribution is 5.50. The van der Waals surface area contributed by atoms with Crippen LogP contribution in [-0.4, -0.2) is 14.9 Å². The van der Waals surface area contributed by atoms with E-state index in [1.807, 2.05) is 0 Å². The first-order chi connectivity index (χ1) is 4.75. The van der Waals surface area contributed by atoms with E-state index in [1.54, 1.807) is 0 Å². The molecule has 0 bridgehead atoms. The number of H-pyrrole nitrogens is 1. The highest BCUT2D eigenvalue weighted by atomic mass is 16.6. The third-order valence-corrected chi connectivity index (χ3v) is 0.877. The van der Waals surface area contributed by atoms with Crippen LogP contribution in [-0.2, 0) is 0 Å². The van der Waals surface area contributed by atoms with Gasteiger partial charge in [-0.2, -0.15) is 4.98 Å². The molecule has 0 saturated carbocycles. The molecule has 10 heavy (non-hydrogen) atoms. The van der Waals surface area contributed by atoms with Gasteiger partial charge in [-0.1, -0.05) is 0 Å². The van der Waals surface area contributed by atoms with Gasteiger partial charge in [-0.15, -0.1) is 0 Å². The zero-order valence-corrected chi connectivity index (χ0v) is 4.68. The topological polar surface area (TPSA) is 100.0 Å². The maximum Gasteiger partial charge on any atom is 0.561 e. The molecule has 1 aromatic heterocycles. The predicted octanol–water partition coefficient (Wildman–Crippen LogP) is 0.802. The Morgan fingerprint density at radius 1 is 1.90 bits per heavy atom. The molecule has 0 spiro atoms. The third-order valence-electron chi connectivity index (χ3n) is 0.877. The molecule has 0 aliphatic rings. The fourth-order valence-electron chi connectivity index (χ4n) is 0.488. The standard InChI is InChI=1S/C3H2N5O2/c4-7-2-3(8(9)10)6-1-5-2/h1H,(H,5,6)/q+1. The van der Waals surface area contributed by atoms with Crippen LogP contribution < -0.4 is 0 Å². The summed E-state index contributed by atoms with van der Waals surface area (Å²) in [6.45, 7) is 0. The molecular formula is C3H2N5O2+. The van der Waals surface area contributed by atoms with Gasteiger partial charge in [-0.3, -0.25) is 0 Å². The molecule has 1 heterocycles. The second-order valence-electron chi connectivity index (χ2n) is 1.43. The summed E-state index contributed by atoms with van der Waals surface area (Å²) in [5, 5.41) is 18.1. The Labute approximate surface area is 54.5 Å². The minimum Gasteiger partial charge on any atom is -0.358 e. The van der Waals surface area contributed by atoms with Crippen molar-refractivity contribution < 1.29 is 4.92 Å². The van der Waals surface area contributed by atoms with Gasteiger partial charge < -0.3 is 10.1 Å². The van der Waals surface area contributed by atoms with E-state index < -0.39 is 10.7 Å². The van der Waals surface area contributed by atoms with Crippen molar-refractivity contribution in [3.63, 3.8) is 0 Å². The Balaban J connectivity index is 3.17. The molecule has 7 nitrogen and oxygen atoms in total. The van der Waals surface area contributed by atoms with Crippen molar-refractivity contribution >= 4 is 11.6 Å². The lowest BCUT2D eigenvalue weighted by Gasteiger charge is -1.81. The van der Waals surface area contributed by atoms with Gasteiger partial charge in [0.05, 0.1) is 5.39 Å². The van der Waals surface area contributed by atoms with Crippen LogP contribution in [0.3, 0.4) is 0 Å². The summed E-state index contributed by atoms with van der Waals surface area (Å²) < 4.78 is 0. The molecule has 0 amide bonds. The minimum absolute atomic E-state index is 0.315. The zero-order chi connectivity index (χ0) is 7.56. The van der Waals surface area contributed by atoms with E-state index in [0.29, 0.717) is 0 Å². The highest BCUT2D eigenvalue weighted by Gasteiger charge is 2.26. The van der Waals surface area contributed by atoms with Crippen LogP contribution in [0.15, 0.2) is 6.33 Å². The highest BCUT2D eigenvalue weighted by Crippen LogP contribution is 2.20. The van der Waals surface area contributed by atoms with Crippen LogP contribution in [0.2, 0.25) is 0 Å². The molecule has 0 atom stereocenters. The first kappa shape index (κ1) is 6.15. The number of hydrogen-bond acceptors (Lipinski definition) is 4. The lowest BCUT2D eigenvalue weighted by Crippen LogP contribution is -1.86. The fourth-order valence-corrected chi connectivity index (χ4v) is 0.488. The number of nitrogens with one attached hydrogen (secondary N) is 1. The first-order valence-corrected chi connectivity index (χ1v) is 2.28. The lowest BCUT2D eigenvalue weighted by atomic mass is 10.7. The Morgan fingerprint density at radius 2 is 2.60 bits per heavy atom. The number of aromatic nitrogens is 2. The molecule has 50 valence electrons. The van der Waals surface area contributed by atoms with Gasteiger partial charge in [0, 0.05) is 9.96 Å². The van der Waals surface area contributed by atoms with Crippen LogP contribution in [0.5, 0.6) is 0 Å². The molecule has 0 aliphatic heterocycles. The SMILES string of the molecule is N#[N+]c1nc[nH]c1[N+](=O)[O-]. The second-order valence-corrected chi connectivity index (χ2v) is 1.43. The summed E-state index contributed by atoms with van der Waals surface area (Å²) in [4.78, 5) is 17.4. The van der Waals surface area contributed by atoms with Gasteiger partial charge in [0.25, 0.3) is 6.33 Å². The largest absolute Gasteiger partial charge is 0.561 e. The van der Waals surface area contributed by atoms with Crippen molar-refractivity contribution in [2.45, 2.75) is 0 Å². The minimum atomic E-state index is -0.720. The molecule has 1 rings (SSSR count). The number of nitrogens with zero attached hydrogens (tertiary/aromatic N) is 4. The summed E-state index contributed by atoms with van der Waals surface area (Å²) >= 11 is 0. The van der Waals surface area contributed by atoms with Crippen molar-refractivity contribution in [1.82, 2.24) is 9.97 Å². The molecule has 0 aliphatic carbocycles. The van der Waals surface area contributed by atoms with Gasteiger partial charge >= 0.3 is 11.6 Å².